The number of halogens is 1. The third kappa shape index (κ3) is 3.45. The summed E-state index contributed by atoms with van der Waals surface area (Å²) in [5.41, 5.74) is 1.68. The van der Waals surface area contributed by atoms with E-state index in [1.165, 1.54) is 6.07 Å². The molecule has 0 saturated heterocycles. The van der Waals surface area contributed by atoms with Gasteiger partial charge in [0.1, 0.15) is 5.82 Å². The monoisotopic (exact) mass is 266 g/mol. The van der Waals surface area contributed by atoms with Crippen molar-refractivity contribution in [2.45, 2.75) is 32.4 Å². The Bertz CT molecular complexity index is 419. The van der Waals surface area contributed by atoms with Crippen LogP contribution in [0.4, 0.5) is 10.1 Å². The molecule has 0 unspecified atom stereocenters. The Morgan fingerprint density at radius 3 is 2.79 bits per heavy atom. The molecule has 1 fully saturated rings. The van der Waals surface area contributed by atoms with E-state index >= 15 is 0 Å². The van der Waals surface area contributed by atoms with E-state index in [1.807, 2.05) is 24.9 Å². The van der Waals surface area contributed by atoms with Gasteiger partial charge in [0.15, 0.2) is 0 Å². The molecule has 0 aliphatic heterocycles. The molecule has 1 saturated carbocycles. The van der Waals surface area contributed by atoms with Crippen LogP contribution in [0.25, 0.3) is 0 Å². The average molecular weight is 266 g/mol. The Balaban J connectivity index is 2.07. The molecule has 0 aromatic heterocycles. The van der Waals surface area contributed by atoms with E-state index in [1.54, 1.807) is 6.07 Å². The maximum atomic E-state index is 14.1. The highest BCUT2D eigenvalue weighted by Crippen LogP contribution is 2.31. The summed E-state index contributed by atoms with van der Waals surface area (Å²) in [5.74, 6) is 0.310. The van der Waals surface area contributed by atoms with Crippen LogP contribution in [-0.4, -0.2) is 31.3 Å². The van der Waals surface area contributed by atoms with E-state index in [0.29, 0.717) is 18.2 Å². The molecule has 1 aliphatic rings. The Morgan fingerprint density at radius 2 is 2.16 bits per heavy atom. The van der Waals surface area contributed by atoms with Gasteiger partial charge in [-0.3, -0.25) is 0 Å². The number of benzene rings is 1. The van der Waals surface area contributed by atoms with Crippen molar-refractivity contribution in [2.75, 3.05) is 25.0 Å². The van der Waals surface area contributed by atoms with E-state index in [9.17, 15) is 9.50 Å². The van der Waals surface area contributed by atoms with Gasteiger partial charge >= 0.3 is 0 Å². The molecule has 1 aromatic rings. The molecule has 0 radical (unpaired) electrons. The molecule has 0 bridgehead atoms. The summed E-state index contributed by atoms with van der Waals surface area (Å²) in [6.45, 7) is 4.39. The van der Waals surface area contributed by atoms with Crippen molar-refractivity contribution >= 4 is 5.69 Å². The van der Waals surface area contributed by atoms with Crippen molar-refractivity contribution < 1.29 is 9.50 Å². The van der Waals surface area contributed by atoms with Gasteiger partial charge in [-0.25, -0.2) is 4.39 Å². The first-order valence-electron chi connectivity index (χ1n) is 6.99. The van der Waals surface area contributed by atoms with Gasteiger partial charge in [-0.1, -0.05) is 19.1 Å². The van der Waals surface area contributed by atoms with Crippen molar-refractivity contribution in [3.63, 3.8) is 0 Å². The maximum absolute atomic E-state index is 14.1. The number of hydrogen-bond donors (Lipinski definition) is 2. The first-order chi connectivity index (χ1) is 9.11. The zero-order valence-corrected chi connectivity index (χ0v) is 11.7. The van der Waals surface area contributed by atoms with Crippen molar-refractivity contribution in [3.05, 3.63) is 29.6 Å². The molecule has 3 nitrogen and oxygen atoms in total. The smallest absolute Gasteiger partial charge is 0.146 e. The minimum Gasteiger partial charge on any atom is -0.393 e. The lowest BCUT2D eigenvalue weighted by molar-refractivity contribution is 0.0464. The van der Waals surface area contributed by atoms with E-state index in [0.717, 1.165) is 31.5 Å². The molecule has 4 heteroatoms. The number of nitrogens with one attached hydrogen (secondary N) is 1. The molecule has 2 N–H and O–H groups in total. The molecule has 1 aliphatic carbocycles. The van der Waals surface area contributed by atoms with Gasteiger partial charge in [-0.2, -0.15) is 0 Å². The molecule has 106 valence electrons. The van der Waals surface area contributed by atoms with Gasteiger partial charge in [-0.15, -0.1) is 0 Å². The average Bonchev–Trinajstić information content (AvgIpc) is 2.34. The molecular weight excluding hydrogens is 243 g/mol. The van der Waals surface area contributed by atoms with Crippen LogP contribution in [0.3, 0.4) is 0 Å². The largest absolute Gasteiger partial charge is 0.393 e. The van der Waals surface area contributed by atoms with Gasteiger partial charge in [0.2, 0.25) is 0 Å². The van der Waals surface area contributed by atoms with Gasteiger partial charge in [0.05, 0.1) is 11.8 Å². The lowest BCUT2D eigenvalue weighted by Crippen LogP contribution is -2.37. The number of nitrogens with zero attached hydrogens (tertiary/aromatic N) is 1. The Hall–Kier alpha value is -1.13. The summed E-state index contributed by atoms with van der Waals surface area (Å²) in [6, 6.07) is 5.23. The highest BCUT2D eigenvalue weighted by Gasteiger charge is 2.28. The number of aliphatic hydroxyl groups excluding tert-OH is 1. The van der Waals surface area contributed by atoms with Gasteiger partial charge in [-0.05, 0) is 36.9 Å². The Kier molecular flexibility index (Phi) is 4.77. The number of hydrogen-bond acceptors (Lipinski definition) is 3. The standard InChI is InChI=1S/C15H23FN2O/c1-3-17-9-12-5-4-6-14(16)15(12)18(2)10-11-7-13(19)8-11/h4-6,11,13,17,19H,3,7-10H2,1-2H3. The molecule has 2 rings (SSSR count). The van der Waals surface area contributed by atoms with Gasteiger partial charge in [0, 0.05) is 20.1 Å². The van der Waals surface area contributed by atoms with Crippen LogP contribution >= 0.6 is 0 Å². The zero-order valence-electron chi connectivity index (χ0n) is 11.7. The number of anilines is 1. The SMILES string of the molecule is CCNCc1cccc(F)c1N(C)CC1CC(O)C1. The molecule has 0 atom stereocenters. The molecular formula is C15H23FN2O. The first-order valence-corrected chi connectivity index (χ1v) is 6.99. The van der Waals surface area contributed by atoms with Crippen LogP contribution in [0, 0.1) is 11.7 Å². The second kappa shape index (κ2) is 6.35. The summed E-state index contributed by atoms with van der Waals surface area (Å²) in [5, 5.41) is 12.6. The van der Waals surface area contributed by atoms with Crippen molar-refractivity contribution in [2.24, 2.45) is 5.92 Å². The van der Waals surface area contributed by atoms with Crippen molar-refractivity contribution in [1.82, 2.24) is 5.32 Å². The van der Waals surface area contributed by atoms with Gasteiger partial charge in [0.25, 0.3) is 0 Å². The Labute approximate surface area is 114 Å². The predicted molar refractivity (Wildman–Crippen MR) is 75.8 cm³/mol. The quantitative estimate of drug-likeness (QED) is 0.828. The third-order valence-electron chi connectivity index (χ3n) is 3.76. The van der Waals surface area contributed by atoms with E-state index in [4.69, 9.17) is 0 Å². The highest BCUT2D eigenvalue weighted by molar-refractivity contribution is 5.54. The van der Waals surface area contributed by atoms with E-state index in [2.05, 4.69) is 5.32 Å². The van der Waals surface area contributed by atoms with Crippen LogP contribution < -0.4 is 10.2 Å². The van der Waals surface area contributed by atoms with Crippen LogP contribution in [-0.2, 0) is 6.54 Å². The van der Waals surface area contributed by atoms with Crippen LogP contribution in [0.2, 0.25) is 0 Å². The summed E-state index contributed by atoms with van der Waals surface area (Å²) < 4.78 is 14.1. The van der Waals surface area contributed by atoms with E-state index < -0.39 is 0 Å². The second-order valence-corrected chi connectivity index (χ2v) is 5.40. The van der Waals surface area contributed by atoms with Gasteiger partial charge < -0.3 is 15.3 Å². The summed E-state index contributed by atoms with van der Waals surface area (Å²) in [6.07, 6.45) is 1.52. The first kappa shape index (κ1) is 14.3. The van der Waals surface area contributed by atoms with Crippen molar-refractivity contribution in [3.8, 4) is 0 Å². The second-order valence-electron chi connectivity index (χ2n) is 5.40. The highest BCUT2D eigenvalue weighted by atomic mass is 19.1. The minimum absolute atomic E-state index is 0.153. The van der Waals surface area contributed by atoms with E-state index in [-0.39, 0.29) is 11.9 Å². The predicted octanol–water partition coefficient (Wildman–Crippen LogP) is 2.14. The summed E-state index contributed by atoms with van der Waals surface area (Å²) in [7, 11) is 1.93. The number of aliphatic hydroxyl groups is 1. The van der Waals surface area contributed by atoms with Crippen LogP contribution in [0.1, 0.15) is 25.3 Å². The maximum Gasteiger partial charge on any atom is 0.146 e. The van der Waals surface area contributed by atoms with Crippen molar-refractivity contribution in [1.29, 1.82) is 0 Å². The zero-order chi connectivity index (χ0) is 13.8. The number of rotatable bonds is 6. The molecule has 19 heavy (non-hydrogen) atoms. The summed E-state index contributed by atoms with van der Waals surface area (Å²) >= 11 is 0. The molecule has 1 aromatic carbocycles. The number of para-hydroxylation sites is 1. The van der Waals surface area contributed by atoms with Crippen LogP contribution in [0.15, 0.2) is 18.2 Å². The fraction of sp³-hybridized carbons (Fsp3) is 0.600. The molecule has 0 spiro atoms. The normalized spacial score (nSPS) is 22.1. The summed E-state index contributed by atoms with van der Waals surface area (Å²) in [4.78, 5) is 1.98. The van der Waals surface area contributed by atoms with Crippen LogP contribution in [0.5, 0.6) is 0 Å². The fourth-order valence-corrected chi connectivity index (χ4v) is 2.72. The molecule has 0 amide bonds. The Morgan fingerprint density at radius 1 is 1.42 bits per heavy atom. The lowest BCUT2D eigenvalue weighted by atomic mass is 9.82. The lowest BCUT2D eigenvalue weighted by Gasteiger charge is -2.35. The topological polar surface area (TPSA) is 35.5 Å². The minimum atomic E-state index is -0.169. The molecule has 0 heterocycles. The fourth-order valence-electron chi connectivity index (χ4n) is 2.72. The third-order valence-corrected chi connectivity index (χ3v) is 3.76.